The number of ether oxygens (including phenoxy) is 1. The van der Waals surface area contributed by atoms with Gasteiger partial charge in [-0.05, 0) is 44.5 Å². The van der Waals surface area contributed by atoms with Gasteiger partial charge in [0.1, 0.15) is 5.82 Å². The number of imidazole rings is 1. The van der Waals surface area contributed by atoms with E-state index in [1.807, 2.05) is 0 Å². The highest BCUT2D eigenvalue weighted by Crippen LogP contribution is 2.22. The smallest absolute Gasteiger partial charge is 0.290 e. The van der Waals surface area contributed by atoms with Gasteiger partial charge >= 0.3 is 0 Å². The van der Waals surface area contributed by atoms with E-state index in [0.29, 0.717) is 19.5 Å². The summed E-state index contributed by atoms with van der Waals surface area (Å²) in [4.78, 5) is 21.1. The van der Waals surface area contributed by atoms with Crippen molar-refractivity contribution in [3.8, 4) is 0 Å². The van der Waals surface area contributed by atoms with Crippen LogP contribution in [0.25, 0.3) is 11.0 Å². The maximum atomic E-state index is 13.0. The summed E-state index contributed by atoms with van der Waals surface area (Å²) in [5.41, 5.74) is 2.13. The number of rotatable bonds is 4. The van der Waals surface area contributed by atoms with E-state index in [2.05, 4.69) is 9.97 Å². The molecular formula is C23H23F4N3O3. The topological polar surface area (TPSA) is 71.4 Å². The lowest BCUT2D eigenvalue weighted by Gasteiger charge is -2.27. The monoisotopic (exact) mass is 465 g/mol. The van der Waals surface area contributed by atoms with Crippen molar-refractivity contribution in [3.63, 3.8) is 0 Å². The maximum absolute atomic E-state index is 13.0. The largest absolute Gasteiger partial charge is 0.461 e. The highest BCUT2D eigenvalue weighted by atomic mass is 19.3. The van der Waals surface area contributed by atoms with E-state index in [4.69, 9.17) is 9.15 Å². The molecule has 2 aromatic heterocycles. The second-order valence-electron chi connectivity index (χ2n) is 7.62. The third-order valence-corrected chi connectivity index (χ3v) is 4.87. The summed E-state index contributed by atoms with van der Waals surface area (Å²) >= 11 is 0. The summed E-state index contributed by atoms with van der Waals surface area (Å²) in [6, 6.07) is 3.52. The minimum Gasteiger partial charge on any atom is -0.461 e. The molecule has 1 amide bonds. The maximum Gasteiger partial charge on any atom is 0.290 e. The fraction of sp³-hybridized carbons (Fsp3) is 0.304. The predicted octanol–water partition coefficient (Wildman–Crippen LogP) is 5.48. The van der Waals surface area contributed by atoms with Gasteiger partial charge in [-0.2, -0.15) is 0 Å². The molecule has 0 radical (unpaired) electrons. The van der Waals surface area contributed by atoms with E-state index in [1.54, 1.807) is 20.2 Å². The van der Waals surface area contributed by atoms with Gasteiger partial charge in [0, 0.05) is 18.5 Å². The molecule has 0 fully saturated rings. The highest BCUT2D eigenvalue weighted by Gasteiger charge is 2.28. The summed E-state index contributed by atoms with van der Waals surface area (Å²) in [5, 5.41) is 0.185. The first kappa shape index (κ1) is 24.1. The zero-order valence-electron chi connectivity index (χ0n) is 18.3. The molecule has 0 bridgehead atoms. The van der Waals surface area contributed by atoms with Crippen LogP contribution in [0, 0.1) is 11.6 Å². The van der Waals surface area contributed by atoms with Crippen LogP contribution in [0.15, 0.2) is 58.4 Å². The van der Waals surface area contributed by atoms with E-state index in [0.717, 1.165) is 29.1 Å². The molecule has 3 aromatic rings. The number of aromatic amines is 1. The minimum absolute atomic E-state index is 0.0231. The number of amides is 1. The number of alkyl halides is 2. The van der Waals surface area contributed by atoms with Crippen LogP contribution in [0.5, 0.6) is 0 Å². The summed E-state index contributed by atoms with van der Waals surface area (Å²) in [7, 11) is 0. The molecule has 0 aliphatic carbocycles. The Morgan fingerprint density at radius 2 is 1.94 bits per heavy atom. The van der Waals surface area contributed by atoms with Gasteiger partial charge in [-0.25, -0.2) is 22.5 Å². The van der Waals surface area contributed by atoms with Crippen LogP contribution in [0.4, 0.5) is 17.6 Å². The lowest BCUT2D eigenvalue weighted by Crippen LogP contribution is -2.37. The van der Waals surface area contributed by atoms with Gasteiger partial charge in [0.05, 0.1) is 42.2 Å². The number of hydrogen-bond acceptors (Lipinski definition) is 4. The molecule has 0 saturated heterocycles. The molecule has 176 valence electrons. The molecule has 6 nitrogen and oxygen atoms in total. The van der Waals surface area contributed by atoms with Gasteiger partial charge in [0.25, 0.3) is 12.3 Å². The van der Waals surface area contributed by atoms with E-state index >= 15 is 0 Å². The third kappa shape index (κ3) is 5.63. The number of hydrogen-bond donors (Lipinski definition) is 1. The quantitative estimate of drug-likeness (QED) is 0.315. The van der Waals surface area contributed by atoms with Crippen molar-refractivity contribution in [1.29, 1.82) is 0 Å². The third-order valence-electron chi connectivity index (χ3n) is 4.87. The molecule has 4 rings (SSSR count). The fourth-order valence-corrected chi connectivity index (χ4v) is 3.11. The number of nitrogens with zero attached hydrogens (tertiary/aromatic N) is 2. The Morgan fingerprint density at radius 3 is 2.61 bits per heavy atom. The first-order valence-corrected chi connectivity index (χ1v) is 10.1. The van der Waals surface area contributed by atoms with Crippen LogP contribution in [-0.2, 0) is 22.5 Å². The lowest BCUT2D eigenvalue weighted by atomic mass is 10.1. The number of carbonyl (C=O) groups is 1. The van der Waals surface area contributed by atoms with Gasteiger partial charge in [-0.15, -0.1) is 0 Å². The van der Waals surface area contributed by atoms with Gasteiger partial charge in [-0.3, -0.25) is 4.79 Å². The SMILES string of the molecule is CC(C)=CO/C(C(=O)N1CCc2nc[nH]c2C1)=C(\C)C(F)F.Fc1ccc(F)c2occc12. The number of fused-ring (bicyclic) bond motifs is 2. The van der Waals surface area contributed by atoms with Crippen LogP contribution in [0.1, 0.15) is 32.2 Å². The Bertz CT molecular complexity index is 1160. The van der Waals surface area contributed by atoms with Crippen molar-refractivity contribution in [2.45, 2.75) is 40.2 Å². The Labute approximate surface area is 187 Å². The number of nitrogens with one attached hydrogen (secondary N) is 1. The Balaban J connectivity index is 0.000000231. The summed E-state index contributed by atoms with van der Waals surface area (Å²) in [5.74, 6) is -1.84. The standard InChI is InChI=1S/C15H19F2N3O2.C8H4F2O/c1-9(2)7-22-13(10(3)14(16)17)15(21)20-5-4-11-12(6-20)19-8-18-11;9-6-1-2-7(10)8-5(6)3-4-11-8/h7-8,14H,4-6H2,1-3H3,(H,18,19);1-4H/b13-10+;. The first-order chi connectivity index (χ1) is 15.7. The molecule has 1 aliphatic rings. The van der Waals surface area contributed by atoms with Crippen molar-refractivity contribution in [2.75, 3.05) is 6.54 Å². The van der Waals surface area contributed by atoms with Crippen molar-refractivity contribution in [2.24, 2.45) is 0 Å². The Morgan fingerprint density at radius 1 is 1.21 bits per heavy atom. The normalized spacial score (nSPS) is 13.8. The number of benzene rings is 1. The average molecular weight is 465 g/mol. The average Bonchev–Trinajstić information content (AvgIpc) is 3.46. The molecule has 0 spiro atoms. The van der Waals surface area contributed by atoms with E-state index in [9.17, 15) is 22.4 Å². The highest BCUT2D eigenvalue weighted by molar-refractivity contribution is 5.92. The van der Waals surface area contributed by atoms with Gasteiger partial charge in [0.15, 0.2) is 17.2 Å². The molecule has 3 heterocycles. The van der Waals surface area contributed by atoms with Crippen LogP contribution in [-0.4, -0.2) is 33.7 Å². The molecule has 1 N–H and O–H groups in total. The molecule has 10 heteroatoms. The number of carbonyl (C=O) groups excluding carboxylic acids is 1. The summed E-state index contributed by atoms with van der Waals surface area (Å²) in [6.07, 6.45) is 1.99. The molecule has 0 atom stereocenters. The van der Waals surface area contributed by atoms with Crippen LogP contribution >= 0.6 is 0 Å². The van der Waals surface area contributed by atoms with Crippen molar-refractivity contribution >= 4 is 16.9 Å². The van der Waals surface area contributed by atoms with Crippen molar-refractivity contribution in [3.05, 3.63) is 77.0 Å². The Kier molecular flexibility index (Phi) is 7.57. The zero-order valence-corrected chi connectivity index (χ0v) is 18.3. The number of allylic oxidation sites excluding steroid dienone is 2. The van der Waals surface area contributed by atoms with Gasteiger partial charge in [0.2, 0.25) is 0 Å². The molecule has 1 aromatic carbocycles. The van der Waals surface area contributed by atoms with Gasteiger partial charge in [-0.1, -0.05) is 0 Å². The second kappa shape index (κ2) is 10.4. The lowest BCUT2D eigenvalue weighted by molar-refractivity contribution is -0.131. The fourth-order valence-electron chi connectivity index (χ4n) is 3.11. The number of furan rings is 1. The zero-order chi connectivity index (χ0) is 24.1. The van der Waals surface area contributed by atoms with Crippen LogP contribution < -0.4 is 0 Å². The van der Waals surface area contributed by atoms with Crippen molar-refractivity contribution in [1.82, 2.24) is 14.9 Å². The molecule has 0 unspecified atom stereocenters. The van der Waals surface area contributed by atoms with Crippen LogP contribution in [0.3, 0.4) is 0 Å². The predicted molar refractivity (Wildman–Crippen MR) is 113 cm³/mol. The number of aromatic nitrogens is 2. The van der Waals surface area contributed by atoms with E-state index < -0.39 is 24.0 Å². The summed E-state index contributed by atoms with van der Waals surface area (Å²) < 4.78 is 61.4. The van der Waals surface area contributed by atoms with E-state index in [1.165, 1.54) is 30.4 Å². The molecule has 1 aliphatic heterocycles. The van der Waals surface area contributed by atoms with E-state index in [-0.39, 0.29) is 22.3 Å². The number of H-pyrrole nitrogens is 1. The molecule has 0 saturated carbocycles. The minimum atomic E-state index is -2.74. The first-order valence-electron chi connectivity index (χ1n) is 10.1. The van der Waals surface area contributed by atoms with Gasteiger partial charge < -0.3 is 19.0 Å². The summed E-state index contributed by atoms with van der Waals surface area (Å²) in [6.45, 7) is 5.47. The second-order valence-corrected chi connectivity index (χ2v) is 7.62. The van der Waals surface area contributed by atoms with Crippen LogP contribution in [0.2, 0.25) is 0 Å². The molecule has 33 heavy (non-hydrogen) atoms. The van der Waals surface area contributed by atoms with Crippen molar-refractivity contribution < 1.29 is 31.5 Å². The molecular weight excluding hydrogens is 442 g/mol. The Hall–Kier alpha value is -3.56. The number of halogens is 4.